The van der Waals surface area contributed by atoms with Crippen molar-refractivity contribution in [3.05, 3.63) is 18.1 Å². The van der Waals surface area contributed by atoms with E-state index in [4.69, 9.17) is 11.6 Å². The molecule has 1 aliphatic heterocycles. The summed E-state index contributed by atoms with van der Waals surface area (Å²) in [7, 11) is 0. The Morgan fingerprint density at radius 2 is 2.29 bits per heavy atom. The monoisotopic (exact) mass is 254 g/mol. The first-order valence-electron chi connectivity index (χ1n) is 5.16. The van der Waals surface area contributed by atoms with Gasteiger partial charge in [-0.3, -0.25) is 19.9 Å². The number of hydrogen-bond acceptors (Lipinski definition) is 5. The Kier molecular flexibility index (Phi) is 3.53. The lowest BCUT2D eigenvalue weighted by atomic mass is 10.1. The second-order valence-electron chi connectivity index (χ2n) is 3.68. The molecule has 1 fully saturated rings. The van der Waals surface area contributed by atoms with Gasteiger partial charge in [-0.15, -0.1) is 11.6 Å². The number of imide groups is 1. The third-order valence-electron chi connectivity index (χ3n) is 2.38. The maximum Gasteiger partial charge on any atom is 0.249 e. The molecule has 2 heterocycles. The van der Waals surface area contributed by atoms with Crippen LogP contribution in [0.3, 0.4) is 0 Å². The third kappa shape index (κ3) is 2.91. The Morgan fingerprint density at radius 1 is 1.47 bits per heavy atom. The Balaban J connectivity index is 2.05. The summed E-state index contributed by atoms with van der Waals surface area (Å²) in [4.78, 5) is 30.6. The predicted molar refractivity (Wildman–Crippen MR) is 61.4 cm³/mol. The molecule has 0 aliphatic carbocycles. The van der Waals surface area contributed by atoms with E-state index in [0.29, 0.717) is 24.4 Å². The van der Waals surface area contributed by atoms with Crippen LogP contribution < -0.4 is 10.6 Å². The maximum atomic E-state index is 11.5. The van der Waals surface area contributed by atoms with Gasteiger partial charge in [-0.1, -0.05) is 0 Å². The topological polar surface area (TPSA) is 84.0 Å². The summed E-state index contributed by atoms with van der Waals surface area (Å²) < 4.78 is 0. The second-order valence-corrected chi connectivity index (χ2v) is 3.94. The van der Waals surface area contributed by atoms with Crippen LogP contribution in [0.2, 0.25) is 0 Å². The first-order chi connectivity index (χ1) is 8.19. The van der Waals surface area contributed by atoms with E-state index < -0.39 is 6.04 Å². The zero-order valence-electron chi connectivity index (χ0n) is 8.94. The second kappa shape index (κ2) is 5.09. The van der Waals surface area contributed by atoms with Gasteiger partial charge in [-0.05, 0) is 6.42 Å². The van der Waals surface area contributed by atoms with Gasteiger partial charge in [0, 0.05) is 12.6 Å². The first-order valence-corrected chi connectivity index (χ1v) is 5.69. The molecule has 6 nitrogen and oxygen atoms in total. The zero-order chi connectivity index (χ0) is 12.3. The molecule has 17 heavy (non-hydrogen) atoms. The van der Waals surface area contributed by atoms with E-state index in [1.807, 2.05) is 0 Å². The third-order valence-corrected chi connectivity index (χ3v) is 2.66. The van der Waals surface area contributed by atoms with E-state index in [0.717, 1.165) is 0 Å². The minimum Gasteiger partial charge on any atom is -0.357 e. The van der Waals surface area contributed by atoms with Crippen LogP contribution in [0.4, 0.5) is 5.82 Å². The number of anilines is 1. The molecule has 7 heteroatoms. The highest BCUT2D eigenvalue weighted by atomic mass is 35.5. The van der Waals surface area contributed by atoms with Crippen LogP contribution in [-0.2, 0) is 15.5 Å². The van der Waals surface area contributed by atoms with Gasteiger partial charge >= 0.3 is 0 Å². The molecular formula is C10H11ClN4O2. The molecule has 0 radical (unpaired) electrons. The van der Waals surface area contributed by atoms with E-state index >= 15 is 0 Å². The molecule has 2 rings (SSSR count). The van der Waals surface area contributed by atoms with Gasteiger partial charge in [-0.2, -0.15) is 0 Å². The fourth-order valence-corrected chi connectivity index (χ4v) is 1.68. The Morgan fingerprint density at radius 3 is 3.00 bits per heavy atom. The number of carbonyl (C=O) groups excluding carboxylic acids is 2. The zero-order valence-corrected chi connectivity index (χ0v) is 9.70. The highest BCUT2D eigenvalue weighted by Gasteiger charge is 2.26. The maximum absolute atomic E-state index is 11.5. The average molecular weight is 255 g/mol. The number of carbonyl (C=O) groups is 2. The molecule has 1 aromatic rings. The van der Waals surface area contributed by atoms with E-state index in [1.165, 1.54) is 6.20 Å². The molecule has 1 aliphatic rings. The number of aromatic nitrogens is 2. The Hall–Kier alpha value is -1.69. The predicted octanol–water partition coefficient (Wildman–Crippen LogP) is 0.432. The molecule has 0 aromatic carbocycles. The summed E-state index contributed by atoms with van der Waals surface area (Å²) in [6.07, 6.45) is 3.85. The number of halogens is 1. The largest absolute Gasteiger partial charge is 0.357 e. The number of nitrogens with one attached hydrogen (secondary N) is 2. The normalized spacial score (nSPS) is 19.9. The average Bonchev–Trinajstić information content (AvgIpc) is 2.33. The number of nitrogens with zero attached hydrogens (tertiary/aromatic N) is 2. The number of rotatable bonds is 3. The van der Waals surface area contributed by atoms with Gasteiger partial charge < -0.3 is 5.32 Å². The van der Waals surface area contributed by atoms with Crippen LogP contribution in [0.5, 0.6) is 0 Å². The molecule has 2 N–H and O–H groups in total. The van der Waals surface area contributed by atoms with Gasteiger partial charge in [0.15, 0.2) is 0 Å². The molecule has 2 amide bonds. The molecular weight excluding hydrogens is 244 g/mol. The quantitative estimate of drug-likeness (QED) is 0.604. The van der Waals surface area contributed by atoms with E-state index in [-0.39, 0.29) is 17.7 Å². The van der Waals surface area contributed by atoms with Crippen molar-refractivity contribution in [3.63, 3.8) is 0 Å². The summed E-state index contributed by atoms with van der Waals surface area (Å²) >= 11 is 5.64. The lowest BCUT2D eigenvalue weighted by Gasteiger charge is -2.22. The van der Waals surface area contributed by atoms with Crippen LogP contribution in [0.25, 0.3) is 0 Å². The van der Waals surface area contributed by atoms with Gasteiger partial charge in [0.2, 0.25) is 11.8 Å². The van der Waals surface area contributed by atoms with Crippen molar-refractivity contribution >= 4 is 29.2 Å². The molecule has 0 spiro atoms. The highest BCUT2D eigenvalue weighted by Crippen LogP contribution is 2.11. The van der Waals surface area contributed by atoms with Crippen molar-refractivity contribution in [2.24, 2.45) is 0 Å². The summed E-state index contributed by atoms with van der Waals surface area (Å²) in [6.45, 7) is 0. The van der Waals surface area contributed by atoms with Crippen molar-refractivity contribution < 1.29 is 9.59 Å². The van der Waals surface area contributed by atoms with Crippen molar-refractivity contribution in [2.75, 3.05) is 5.32 Å². The van der Waals surface area contributed by atoms with Crippen molar-refractivity contribution in [2.45, 2.75) is 24.8 Å². The molecule has 1 saturated heterocycles. The van der Waals surface area contributed by atoms with Gasteiger partial charge in [-0.25, -0.2) is 4.98 Å². The fourth-order valence-electron chi connectivity index (χ4n) is 1.55. The van der Waals surface area contributed by atoms with Crippen LogP contribution in [-0.4, -0.2) is 27.8 Å². The Labute approximate surface area is 103 Å². The summed E-state index contributed by atoms with van der Waals surface area (Å²) in [5.74, 6) is 0.170. The number of hydrogen-bond donors (Lipinski definition) is 2. The molecule has 0 bridgehead atoms. The molecule has 0 saturated carbocycles. The highest BCUT2D eigenvalue weighted by molar-refractivity contribution is 6.16. The Bertz CT molecular complexity index is 452. The van der Waals surface area contributed by atoms with Crippen LogP contribution in [0, 0.1) is 0 Å². The van der Waals surface area contributed by atoms with Crippen LogP contribution >= 0.6 is 11.6 Å². The SMILES string of the molecule is O=C1CCC(Nc2cncc(CCl)n2)C(=O)N1. The molecule has 1 atom stereocenters. The molecule has 1 aromatic heterocycles. The lowest BCUT2D eigenvalue weighted by molar-refractivity contribution is -0.133. The van der Waals surface area contributed by atoms with Crippen molar-refractivity contribution in [3.8, 4) is 0 Å². The molecule has 1 unspecified atom stereocenters. The van der Waals surface area contributed by atoms with Gasteiger partial charge in [0.25, 0.3) is 0 Å². The fraction of sp³-hybridized carbons (Fsp3) is 0.400. The van der Waals surface area contributed by atoms with E-state index in [2.05, 4.69) is 20.6 Å². The van der Waals surface area contributed by atoms with E-state index in [1.54, 1.807) is 6.20 Å². The first kappa shape index (κ1) is 11.8. The van der Waals surface area contributed by atoms with Crippen LogP contribution in [0.15, 0.2) is 12.4 Å². The lowest BCUT2D eigenvalue weighted by Crippen LogP contribution is -2.47. The summed E-state index contributed by atoms with van der Waals surface area (Å²) in [5, 5.41) is 5.19. The van der Waals surface area contributed by atoms with Crippen molar-refractivity contribution in [1.29, 1.82) is 0 Å². The van der Waals surface area contributed by atoms with Crippen molar-refractivity contribution in [1.82, 2.24) is 15.3 Å². The van der Waals surface area contributed by atoms with Gasteiger partial charge in [0.1, 0.15) is 11.9 Å². The summed E-state index contributed by atoms with van der Waals surface area (Å²) in [5.41, 5.74) is 0.629. The summed E-state index contributed by atoms with van der Waals surface area (Å²) in [6, 6.07) is -0.451. The standard InChI is InChI=1S/C10H11ClN4O2/c11-3-6-4-12-5-8(13-6)14-7-1-2-9(16)15-10(7)17/h4-5,7H,1-3H2,(H,13,14)(H,15,16,17). The van der Waals surface area contributed by atoms with Gasteiger partial charge in [0.05, 0.1) is 17.8 Å². The number of alkyl halides is 1. The number of amides is 2. The minimum absolute atomic E-state index is 0.242. The van der Waals surface area contributed by atoms with Crippen LogP contribution in [0.1, 0.15) is 18.5 Å². The number of piperidine rings is 1. The molecule has 90 valence electrons. The minimum atomic E-state index is -0.451. The van der Waals surface area contributed by atoms with E-state index in [9.17, 15) is 9.59 Å². The smallest absolute Gasteiger partial charge is 0.249 e.